The standard InChI is InChI=1S/C22H36N4O/c1-23-22(24-12-5-15-27-18-20-8-9-20)25-16-21-11-14-26(17-21)13-10-19-6-3-2-4-7-19/h2-4,6-7,20-21H,5,8-18H2,1H3,(H2,23,24,25). The molecule has 1 saturated heterocycles. The van der Waals surface area contributed by atoms with Crippen LogP contribution in [0, 0.1) is 11.8 Å². The lowest BCUT2D eigenvalue weighted by atomic mass is 10.1. The molecule has 0 aromatic heterocycles. The van der Waals surface area contributed by atoms with Crippen molar-refractivity contribution in [3.63, 3.8) is 0 Å². The van der Waals surface area contributed by atoms with E-state index in [1.165, 1.54) is 37.9 Å². The molecule has 27 heavy (non-hydrogen) atoms. The predicted octanol–water partition coefficient (Wildman–Crippen LogP) is 2.53. The highest BCUT2D eigenvalue weighted by Gasteiger charge is 2.22. The highest BCUT2D eigenvalue weighted by molar-refractivity contribution is 5.79. The van der Waals surface area contributed by atoms with Gasteiger partial charge in [-0.15, -0.1) is 0 Å². The minimum Gasteiger partial charge on any atom is -0.381 e. The van der Waals surface area contributed by atoms with E-state index in [4.69, 9.17) is 4.74 Å². The molecular weight excluding hydrogens is 336 g/mol. The second-order valence-corrected chi connectivity index (χ2v) is 7.94. The Morgan fingerprint density at radius 3 is 2.78 bits per heavy atom. The Bertz CT molecular complexity index is 559. The molecular formula is C22H36N4O. The third kappa shape index (κ3) is 7.89. The van der Waals surface area contributed by atoms with E-state index in [0.717, 1.165) is 57.6 Å². The molecule has 2 aliphatic rings. The van der Waals surface area contributed by atoms with Gasteiger partial charge in [0.05, 0.1) is 0 Å². The third-order valence-corrected chi connectivity index (χ3v) is 5.52. The second-order valence-electron chi connectivity index (χ2n) is 7.94. The molecule has 1 aromatic carbocycles. The number of ether oxygens (including phenoxy) is 1. The third-order valence-electron chi connectivity index (χ3n) is 5.52. The van der Waals surface area contributed by atoms with Crippen molar-refractivity contribution in [1.82, 2.24) is 15.5 Å². The zero-order valence-corrected chi connectivity index (χ0v) is 16.8. The van der Waals surface area contributed by atoms with Gasteiger partial charge in [0.1, 0.15) is 0 Å². The normalized spacial score (nSPS) is 20.8. The summed E-state index contributed by atoms with van der Waals surface area (Å²) in [5.41, 5.74) is 1.43. The molecule has 2 fully saturated rings. The van der Waals surface area contributed by atoms with Crippen LogP contribution >= 0.6 is 0 Å². The van der Waals surface area contributed by atoms with E-state index in [0.29, 0.717) is 5.92 Å². The van der Waals surface area contributed by atoms with Gasteiger partial charge in [-0.2, -0.15) is 0 Å². The molecule has 5 nitrogen and oxygen atoms in total. The van der Waals surface area contributed by atoms with Gasteiger partial charge in [-0.1, -0.05) is 30.3 Å². The van der Waals surface area contributed by atoms with Gasteiger partial charge in [0, 0.05) is 46.4 Å². The average Bonchev–Trinajstić information content (AvgIpc) is 3.42. The van der Waals surface area contributed by atoms with Crippen LogP contribution in [0.1, 0.15) is 31.2 Å². The van der Waals surface area contributed by atoms with E-state index in [-0.39, 0.29) is 0 Å². The summed E-state index contributed by atoms with van der Waals surface area (Å²) in [5.74, 6) is 2.48. The summed E-state index contributed by atoms with van der Waals surface area (Å²) < 4.78 is 5.68. The number of likely N-dealkylation sites (tertiary alicyclic amines) is 1. The second kappa shape index (κ2) is 11.3. The van der Waals surface area contributed by atoms with Crippen molar-refractivity contribution < 1.29 is 4.74 Å². The van der Waals surface area contributed by atoms with E-state index in [1.54, 1.807) is 0 Å². The lowest BCUT2D eigenvalue weighted by Gasteiger charge is -2.17. The van der Waals surface area contributed by atoms with Gasteiger partial charge < -0.3 is 20.3 Å². The number of nitrogens with one attached hydrogen (secondary N) is 2. The highest BCUT2D eigenvalue weighted by Crippen LogP contribution is 2.28. The molecule has 150 valence electrons. The number of guanidine groups is 1. The molecule has 1 heterocycles. The van der Waals surface area contributed by atoms with Crippen LogP contribution in [-0.4, -0.2) is 63.8 Å². The highest BCUT2D eigenvalue weighted by atomic mass is 16.5. The zero-order chi connectivity index (χ0) is 18.7. The number of aliphatic imine (C=N–C) groups is 1. The summed E-state index contributed by atoms with van der Waals surface area (Å²) in [6.45, 7) is 7.27. The first-order valence-corrected chi connectivity index (χ1v) is 10.6. The SMILES string of the molecule is CN=C(NCCCOCC1CC1)NCC1CCN(CCc2ccccc2)C1. The monoisotopic (exact) mass is 372 g/mol. The maximum absolute atomic E-state index is 5.68. The molecule has 2 N–H and O–H groups in total. The first kappa shape index (κ1) is 20.2. The van der Waals surface area contributed by atoms with Crippen molar-refractivity contribution in [2.24, 2.45) is 16.8 Å². The Labute approximate surface area is 164 Å². The molecule has 1 aromatic rings. The van der Waals surface area contributed by atoms with Crippen molar-refractivity contribution in [2.45, 2.75) is 32.1 Å². The fourth-order valence-electron chi connectivity index (χ4n) is 3.59. The van der Waals surface area contributed by atoms with Gasteiger partial charge in [-0.3, -0.25) is 4.99 Å². The summed E-state index contributed by atoms with van der Waals surface area (Å²) in [5, 5.41) is 6.90. The van der Waals surface area contributed by atoms with Crippen LogP contribution in [0.25, 0.3) is 0 Å². The van der Waals surface area contributed by atoms with Crippen LogP contribution < -0.4 is 10.6 Å². The number of rotatable bonds is 11. The van der Waals surface area contributed by atoms with Crippen molar-refractivity contribution in [2.75, 3.05) is 53.0 Å². The molecule has 0 bridgehead atoms. The molecule has 1 unspecified atom stereocenters. The van der Waals surface area contributed by atoms with Crippen LogP contribution in [0.5, 0.6) is 0 Å². The first-order valence-electron chi connectivity index (χ1n) is 10.6. The quantitative estimate of drug-likeness (QED) is 0.356. The number of benzene rings is 1. The van der Waals surface area contributed by atoms with Crippen molar-refractivity contribution in [1.29, 1.82) is 0 Å². The average molecular weight is 373 g/mol. The Morgan fingerprint density at radius 1 is 1.15 bits per heavy atom. The zero-order valence-electron chi connectivity index (χ0n) is 16.8. The van der Waals surface area contributed by atoms with Crippen LogP contribution in [0.4, 0.5) is 0 Å². The van der Waals surface area contributed by atoms with Crippen molar-refractivity contribution in [3.05, 3.63) is 35.9 Å². The van der Waals surface area contributed by atoms with Crippen molar-refractivity contribution in [3.8, 4) is 0 Å². The Balaban J connectivity index is 1.23. The maximum atomic E-state index is 5.68. The fourth-order valence-corrected chi connectivity index (χ4v) is 3.59. The lowest BCUT2D eigenvalue weighted by Crippen LogP contribution is -2.40. The predicted molar refractivity (Wildman–Crippen MR) is 112 cm³/mol. The smallest absolute Gasteiger partial charge is 0.190 e. The number of hydrogen-bond donors (Lipinski definition) is 2. The lowest BCUT2D eigenvalue weighted by molar-refractivity contribution is 0.123. The summed E-state index contributed by atoms with van der Waals surface area (Å²) in [7, 11) is 1.85. The van der Waals surface area contributed by atoms with Gasteiger partial charge in [0.25, 0.3) is 0 Å². The van der Waals surface area contributed by atoms with Crippen LogP contribution in [0.3, 0.4) is 0 Å². The van der Waals surface area contributed by atoms with E-state index in [9.17, 15) is 0 Å². The van der Waals surface area contributed by atoms with Crippen LogP contribution in [0.15, 0.2) is 35.3 Å². The summed E-state index contributed by atoms with van der Waals surface area (Å²) in [6, 6.07) is 10.8. The molecule has 5 heteroatoms. The Hall–Kier alpha value is -1.59. The number of nitrogens with zero attached hydrogens (tertiary/aromatic N) is 2. The molecule has 1 aliphatic carbocycles. The van der Waals surface area contributed by atoms with E-state index >= 15 is 0 Å². The van der Waals surface area contributed by atoms with E-state index < -0.39 is 0 Å². The Morgan fingerprint density at radius 2 is 2.00 bits per heavy atom. The molecule has 3 rings (SSSR count). The number of hydrogen-bond acceptors (Lipinski definition) is 3. The molecule has 0 spiro atoms. The molecule has 0 radical (unpaired) electrons. The fraction of sp³-hybridized carbons (Fsp3) is 0.682. The topological polar surface area (TPSA) is 48.9 Å². The van der Waals surface area contributed by atoms with Gasteiger partial charge in [0.2, 0.25) is 0 Å². The van der Waals surface area contributed by atoms with Crippen LogP contribution in [-0.2, 0) is 11.2 Å². The largest absolute Gasteiger partial charge is 0.381 e. The minimum absolute atomic E-state index is 0.709. The molecule has 1 saturated carbocycles. The van der Waals surface area contributed by atoms with Gasteiger partial charge in [0.15, 0.2) is 5.96 Å². The summed E-state index contributed by atoms with van der Waals surface area (Å²) in [4.78, 5) is 6.93. The van der Waals surface area contributed by atoms with E-state index in [1.807, 2.05) is 7.05 Å². The van der Waals surface area contributed by atoms with Crippen LogP contribution in [0.2, 0.25) is 0 Å². The van der Waals surface area contributed by atoms with Gasteiger partial charge in [-0.25, -0.2) is 0 Å². The van der Waals surface area contributed by atoms with Crippen molar-refractivity contribution >= 4 is 5.96 Å². The molecule has 1 aliphatic heterocycles. The minimum atomic E-state index is 0.709. The Kier molecular flexibility index (Phi) is 8.43. The molecule has 0 amide bonds. The summed E-state index contributed by atoms with van der Waals surface area (Å²) >= 11 is 0. The van der Waals surface area contributed by atoms with Gasteiger partial charge >= 0.3 is 0 Å². The summed E-state index contributed by atoms with van der Waals surface area (Å²) in [6.07, 6.45) is 6.17. The van der Waals surface area contributed by atoms with Gasteiger partial charge in [-0.05, 0) is 56.0 Å². The first-order chi connectivity index (χ1) is 13.3. The van der Waals surface area contributed by atoms with E-state index in [2.05, 4.69) is 50.9 Å². The maximum Gasteiger partial charge on any atom is 0.190 e. The molecule has 1 atom stereocenters.